The summed E-state index contributed by atoms with van der Waals surface area (Å²) in [5.74, 6) is -2.38. The van der Waals surface area contributed by atoms with E-state index in [0.717, 1.165) is 35.1 Å². The lowest BCUT2D eigenvalue weighted by Crippen LogP contribution is -2.48. The number of benzene rings is 1. The van der Waals surface area contributed by atoms with E-state index < -0.39 is 23.4 Å². The normalized spacial score (nSPS) is 18.5. The van der Waals surface area contributed by atoms with Crippen molar-refractivity contribution in [2.45, 2.75) is 33.0 Å². The number of anilines is 2. The van der Waals surface area contributed by atoms with E-state index in [9.17, 15) is 4.79 Å². The molecule has 9 nitrogen and oxygen atoms in total. The van der Waals surface area contributed by atoms with Crippen molar-refractivity contribution < 1.29 is 27.8 Å². The van der Waals surface area contributed by atoms with Crippen molar-refractivity contribution in [2.75, 3.05) is 50.3 Å². The van der Waals surface area contributed by atoms with Gasteiger partial charge in [0.1, 0.15) is 11.3 Å². The van der Waals surface area contributed by atoms with Gasteiger partial charge in [0, 0.05) is 55.1 Å². The number of pyridine rings is 1. The van der Waals surface area contributed by atoms with Crippen LogP contribution in [0.15, 0.2) is 18.3 Å². The van der Waals surface area contributed by atoms with Crippen LogP contribution in [-0.2, 0) is 17.8 Å². The highest BCUT2D eigenvalue weighted by atomic mass is 31.0. The molecule has 2 aliphatic rings. The molecular weight excluding hydrogens is 503 g/mol. The van der Waals surface area contributed by atoms with Crippen molar-refractivity contribution in [1.82, 2.24) is 14.2 Å². The molecule has 1 aromatic carbocycles. The number of carbonyl (C=O) groups is 1. The molecular formula is C25H30F2N5O4P. The molecule has 2 unspecified atom stereocenters. The third-order valence-corrected chi connectivity index (χ3v) is 7.48. The Kier molecular flexibility index (Phi) is 6.95. The number of fused-ring (bicyclic) bond motifs is 3. The molecule has 1 fully saturated rings. The van der Waals surface area contributed by atoms with Gasteiger partial charge in [-0.05, 0) is 29.3 Å². The first-order valence-electron chi connectivity index (χ1n) is 12.1. The summed E-state index contributed by atoms with van der Waals surface area (Å²) in [7, 11) is 5.25. The van der Waals surface area contributed by atoms with Gasteiger partial charge in [-0.25, -0.2) is 18.6 Å². The summed E-state index contributed by atoms with van der Waals surface area (Å²) in [6.45, 7) is 7.16. The van der Waals surface area contributed by atoms with Crippen LogP contribution in [0.1, 0.15) is 25.1 Å². The molecule has 2 aromatic heterocycles. The predicted molar refractivity (Wildman–Crippen MR) is 140 cm³/mol. The fourth-order valence-corrected chi connectivity index (χ4v) is 5.48. The minimum absolute atomic E-state index is 0.0594. The number of amides is 2. The van der Waals surface area contributed by atoms with Crippen LogP contribution in [0.4, 0.5) is 25.0 Å². The first-order valence-corrected chi connectivity index (χ1v) is 12.6. The Morgan fingerprint density at radius 1 is 1.16 bits per heavy atom. The molecule has 0 spiro atoms. The summed E-state index contributed by atoms with van der Waals surface area (Å²) in [5, 5.41) is 0.808. The number of morpholine rings is 1. The molecule has 1 saturated heterocycles. The molecule has 0 N–H and O–H groups in total. The third-order valence-electron chi connectivity index (χ3n) is 6.90. The van der Waals surface area contributed by atoms with E-state index in [4.69, 9.17) is 14.2 Å². The van der Waals surface area contributed by atoms with E-state index in [-0.39, 0.29) is 24.1 Å². The monoisotopic (exact) mass is 533 g/mol. The predicted octanol–water partition coefficient (Wildman–Crippen LogP) is 4.16. The quantitative estimate of drug-likeness (QED) is 0.444. The van der Waals surface area contributed by atoms with Crippen molar-refractivity contribution >= 4 is 37.8 Å². The first-order chi connectivity index (χ1) is 17.8. The van der Waals surface area contributed by atoms with Crippen molar-refractivity contribution in [1.29, 1.82) is 0 Å². The van der Waals surface area contributed by atoms with E-state index >= 15 is 8.78 Å². The fraction of sp³-hybridized carbons (Fsp3) is 0.440. The molecule has 2 aliphatic heterocycles. The summed E-state index contributed by atoms with van der Waals surface area (Å²) in [6.07, 6.45) is 1.82. The maximum Gasteiger partial charge on any atom is 0.329 e. The molecule has 3 aromatic rings. The van der Waals surface area contributed by atoms with Crippen LogP contribution >= 0.6 is 9.39 Å². The number of rotatable bonds is 6. The number of methoxy groups -OCH3 is 2. The minimum Gasteiger partial charge on any atom is -0.493 e. The zero-order valence-electron chi connectivity index (χ0n) is 21.3. The lowest BCUT2D eigenvalue weighted by Gasteiger charge is -2.37. The second-order valence-electron chi connectivity index (χ2n) is 9.16. The van der Waals surface area contributed by atoms with Crippen LogP contribution in [0.25, 0.3) is 11.0 Å². The van der Waals surface area contributed by atoms with Crippen LogP contribution < -0.4 is 19.3 Å². The number of ether oxygens (including phenoxy) is 3. The Bertz CT molecular complexity index is 1340. The van der Waals surface area contributed by atoms with Crippen molar-refractivity contribution in [3.63, 3.8) is 0 Å². The molecule has 0 saturated carbocycles. The topological polar surface area (TPSA) is 72.3 Å². The second-order valence-corrected chi connectivity index (χ2v) is 9.68. The maximum absolute atomic E-state index is 15.3. The fourth-order valence-electron chi connectivity index (χ4n) is 5.12. The molecule has 198 valence electrons. The molecule has 0 aliphatic carbocycles. The lowest BCUT2D eigenvalue weighted by molar-refractivity contribution is -0.0216. The summed E-state index contributed by atoms with van der Waals surface area (Å²) in [5.41, 5.74) is 2.59. The van der Waals surface area contributed by atoms with E-state index in [1.807, 2.05) is 17.3 Å². The highest BCUT2D eigenvalue weighted by Gasteiger charge is 2.37. The molecule has 37 heavy (non-hydrogen) atoms. The average Bonchev–Trinajstić information content (AvgIpc) is 3.19. The number of nitrogens with zero attached hydrogens (tertiary/aromatic N) is 5. The van der Waals surface area contributed by atoms with Gasteiger partial charge in [-0.2, -0.15) is 0 Å². The van der Waals surface area contributed by atoms with Gasteiger partial charge in [0.15, 0.2) is 23.1 Å². The first kappa shape index (κ1) is 25.6. The van der Waals surface area contributed by atoms with Crippen molar-refractivity contribution in [3.05, 3.63) is 41.2 Å². The Labute approximate surface area is 216 Å². The van der Waals surface area contributed by atoms with Gasteiger partial charge < -0.3 is 18.5 Å². The number of urea groups is 1. The van der Waals surface area contributed by atoms with E-state index in [1.54, 1.807) is 6.20 Å². The molecule has 0 radical (unpaired) electrons. The van der Waals surface area contributed by atoms with Gasteiger partial charge in [0.2, 0.25) is 0 Å². The van der Waals surface area contributed by atoms with Gasteiger partial charge in [-0.15, -0.1) is 0 Å². The number of halogens is 2. The van der Waals surface area contributed by atoms with Crippen LogP contribution in [-0.4, -0.2) is 66.8 Å². The van der Waals surface area contributed by atoms with Crippen LogP contribution in [0.5, 0.6) is 11.5 Å². The Morgan fingerprint density at radius 3 is 2.49 bits per heavy atom. The zero-order valence-corrected chi connectivity index (χ0v) is 22.4. The number of hydrogen-bond acceptors (Lipinski definition) is 6. The van der Waals surface area contributed by atoms with Gasteiger partial charge in [0.05, 0.1) is 39.2 Å². The number of hydrogen-bond donors (Lipinski definition) is 0. The van der Waals surface area contributed by atoms with Crippen molar-refractivity contribution in [2.24, 2.45) is 0 Å². The van der Waals surface area contributed by atoms with E-state index in [1.165, 1.54) is 19.1 Å². The van der Waals surface area contributed by atoms with Gasteiger partial charge in [-0.3, -0.25) is 14.7 Å². The highest BCUT2D eigenvalue weighted by Crippen LogP contribution is 2.43. The smallest absolute Gasteiger partial charge is 0.329 e. The largest absolute Gasteiger partial charge is 0.493 e. The van der Waals surface area contributed by atoms with E-state index in [2.05, 4.69) is 26.2 Å². The molecule has 0 bridgehead atoms. The minimum atomic E-state index is -0.971. The summed E-state index contributed by atoms with van der Waals surface area (Å²) < 4.78 is 48.4. The molecule has 5 rings (SSSR count). The Hall–Kier alpha value is -3.01. The molecule has 2 atom stereocenters. The Balaban J connectivity index is 1.59. The zero-order chi connectivity index (χ0) is 26.4. The van der Waals surface area contributed by atoms with E-state index in [0.29, 0.717) is 36.6 Å². The number of aromatic nitrogens is 2. The lowest BCUT2D eigenvalue weighted by atomic mass is 10.1. The molecule has 12 heteroatoms. The van der Waals surface area contributed by atoms with Crippen LogP contribution in [0, 0.1) is 11.6 Å². The maximum atomic E-state index is 15.3. The summed E-state index contributed by atoms with van der Waals surface area (Å²) in [6, 6.07) is 2.61. The SMILES string of the molecule is CCN1C(=O)N(c2c(F)c(OC)cc(OC)c2F)Cc2cnc3c(cc(CN4CCOC(C)C4)n3P)c21. The Morgan fingerprint density at radius 2 is 1.86 bits per heavy atom. The van der Waals surface area contributed by atoms with Crippen molar-refractivity contribution in [3.8, 4) is 11.5 Å². The molecule has 4 heterocycles. The van der Waals surface area contributed by atoms with Crippen LogP contribution in [0.3, 0.4) is 0 Å². The third kappa shape index (κ3) is 4.28. The van der Waals surface area contributed by atoms with Gasteiger partial charge in [-0.1, -0.05) is 0 Å². The average molecular weight is 534 g/mol. The standard InChI is InChI=1S/C25H30F2N5O4P/c1-5-30-22-15(12-31(25(30)33)23-20(26)18(34-3)9-19(35-4)21(23)27)10-28-24-17(22)8-16(32(24)37)13-29-6-7-36-14(2)11-29/h8-10,14H,5-7,11-13,37H2,1-4H3. The number of carbonyl (C=O) groups excluding carboxylic acids is 1. The summed E-state index contributed by atoms with van der Waals surface area (Å²) in [4.78, 5) is 23.3. The highest BCUT2D eigenvalue weighted by molar-refractivity contribution is 7.15. The van der Waals surface area contributed by atoms with Crippen LogP contribution in [0.2, 0.25) is 0 Å². The van der Waals surface area contributed by atoms with Gasteiger partial charge >= 0.3 is 6.03 Å². The molecule has 2 amide bonds. The van der Waals surface area contributed by atoms with Gasteiger partial charge in [0.25, 0.3) is 0 Å². The summed E-state index contributed by atoms with van der Waals surface area (Å²) >= 11 is 0. The second kappa shape index (κ2) is 10.0.